The summed E-state index contributed by atoms with van der Waals surface area (Å²) in [5, 5.41) is 0. The van der Waals surface area contributed by atoms with Gasteiger partial charge in [-0.15, -0.1) is 0 Å². The maximum atomic E-state index is 14.0. The minimum absolute atomic E-state index is 0.0660. The van der Waals surface area contributed by atoms with E-state index in [1.54, 1.807) is 12.4 Å². The van der Waals surface area contributed by atoms with E-state index in [0.29, 0.717) is 23.9 Å². The molecular formula is C28H43FN2O. The Balaban J connectivity index is 1.69. The molecule has 1 aromatic carbocycles. The third-order valence-corrected chi connectivity index (χ3v) is 6.25. The number of ether oxygens (including phenoxy) is 1. The molecule has 0 radical (unpaired) electrons. The number of alkyl halides is 1. The van der Waals surface area contributed by atoms with Crippen molar-refractivity contribution in [1.29, 1.82) is 0 Å². The molecule has 0 fully saturated rings. The van der Waals surface area contributed by atoms with E-state index >= 15 is 0 Å². The number of aryl methyl sites for hydroxylation is 1. The quantitative estimate of drug-likeness (QED) is 0.231. The van der Waals surface area contributed by atoms with E-state index < -0.39 is 6.17 Å². The SMILES string of the molecule is CCCCCCCCCc1ccc(-c2ncc(OCC(F)CCCC(C)CC)cn2)cc1. The fourth-order valence-electron chi connectivity index (χ4n) is 3.81. The molecule has 0 spiro atoms. The molecule has 0 aliphatic rings. The van der Waals surface area contributed by atoms with Gasteiger partial charge in [-0.25, -0.2) is 14.4 Å². The van der Waals surface area contributed by atoms with Crippen LogP contribution in [-0.2, 0) is 6.42 Å². The van der Waals surface area contributed by atoms with Gasteiger partial charge in [0.2, 0.25) is 0 Å². The van der Waals surface area contributed by atoms with Crippen molar-refractivity contribution in [3.8, 4) is 17.1 Å². The summed E-state index contributed by atoms with van der Waals surface area (Å²) in [5.41, 5.74) is 2.36. The van der Waals surface area contributed by atoms with Crippen LogP contribution in [-0.4, -0.2) is 22.7 Å². The first kappa shape index (κ1) is 26.3. The van der Waals surface area contributed by atoms with Crippen molar-refractivity contribution in [2.45, 2.75) is 104 Å². The normalized spacial score (nSPS) is 13.1. The van der Waals surface area contributed by atoms with Gasteiger partial charge in [0.15, 0.2) is 11.6 Å². The van der Waals surface area contributed by atoms with Crippen LogP contribution in [0.5, 0.6) is 5.75 Å². The van der Waals surface area contributed by atoms with E-state index in [1.807, 2.05) is 0 Å². The molecule has 0 bridgehead atoms. The first-order valence-corrected chi connectivity index (χ1v) is 12.8. The lowest BCUT2D eigenvalue weighted by molar-refractivity contribution is 0.181. The molecule has 0 saturated carbocycles. The van der Waals surface area contributed by atoms with Gasteiger partial charge in [0.25, 0.3) is 0 Å². The summed E-state index contributed by atoms with van der Waals surface area (Å²) in [5.74, 6) is 1.86. The lowest BCUT2D eigenvalue weighted by Gasteiger charge is -2.12. The zero-order chi connectivity index (χ0) is 23.0. The number of rotatable bonds is 17. The third-order valence-electron chi connectivity index (χ3n) is 6.25. The van der Waals surface area contributed by atoms with Gasteiger partial charge in [-0.05, 0) is 30.7 Å². The Bertz CT molecular complexity index is 717. The Morgan fingerprint density at radius 3 is 2.16 bits per heavy atom. The summed E-state index contributed by atoms with van der Waals surface area (Å²) < 4.78 is 19.6. The number of halogens is 1. The van der Waals surface area contributed by atoms with Crippen molar-refractivity contribution in [2.24, 2.45) is 5.92 Å². The minimum Gasteiger partial charge on any atom is -0.487 e. The van der Waals surface area contributed by atoms with Gasteiger partial charge in [-0.3, -0.25) is 0 Å². The zero-order valence-corrected chi connectivity index (χ0v) is 20.5. The van der Waals surface area contributed by atoms with Crippen molar-refractivity contribution in [1.82, 2.24) is 9.97 Å². The van der Waals surface area contributed by atoms with Gasteiger partial charge < -0.3 is 4.74 Å². The highest BCUT2D eigenvalue weighted by molar-refractivity contribution is 5.55. The van der Waals surface area contributed by atoms with Crippen LogP contribution in [0.4, 0.5) is 4.39 Å². The summed E-state index contributed by atoms with van der Waals surface area (Å²) in [4.78, 5) is 8.81. The Labute approximate surface area is 195 Å². The minimum atomic E-state index is -0.942. The molecule has 2 aromatic rings. The van der Waals surface area contributed by atoms with Crippen molar-refractivity contribution >= 4 is 0 Å². The molecule has 0 amide bonds. The maximum Gasteiger partial charge on any atom is 0.159 e. The van der Waals surface area contributed by atoms with Crippen molar-refractivity contribution in [2.75, 3.05) is 6.61 Å². The van der Waals surface area contributed by atoms with Crippen LogP contribution in [0.1, 0.15) is 97.0 Å². The maximum absolute atomic E-state index is 14.0. The van der Waals surface area contributed by atoms with Crippen LogP contribution >= 0.6 is 0 Å². The molecule has 0 aliphatic heterocycles. The van der Waals surface area contributed by atoms with Gasteiger partial charge in [0, 0.05) is 5.56 Å². The number of aromatic nitrogens is 2. The van der Waals surface area contributed by atoms with Crippen molar-refractivity contribution in [3.05, 3.63) is 42.2 Å². The fraction of sp³-hybridized carbons (Fsp3) is 0.643. The second kappa shape index (κ2) is 15.8. The Kier molecular flexibility index (Phi) is 13.0. The molecule has 3 nitrogen and oxygen atoms in total. The first-order valence-electron chi connectivity index (χ1n) is 12.8. The van der Waals surface area contributed by atoms with Crippen molar-refractivity contribution < 1.29 is 9.13 Å². The van der Waals surface area contributed by atoms with E-state index in [4.69, 9.17) is 4.74 Å². The Hall–Kier alpha value is -1.97. The van der Waals surface area contributed by atoms with E-state index in [1.165, 1.54) is 50.5 Å². The van der Waals surface area contributed by atoms with Crippen LogP contribution in [0, 0.1) is 5.92 Å². The smallest absolute Gasteiger partial charge is 0.159 e. The molecule has 178 valence electrons. The number of unbranched alkanes of at least 4 members (excludes halogenated alkanes) is 6. The third kappa shape index (κ3) is 10.6. The van der Waals surface area contributed by atoms with Crippen molar-refractivity contribution in [3.63, 3.8) is 0 Å². The molecule has 32 heavy (non-hydrogen) atoms. The van der Waals surface area contributed by atoms with Gasteiger partial charge in [-0.2, -0.15) is 0 Å². The molecule has 1 aromatic heterocycles. The predicted molar refractivity (Wildman–Crippen MR) is 133 cm³/mol. The molecule has 0 aliphatic carbocycles. The van der Waals surface area contributed by atoms with Gasteiger partial charge in [0.05, 0.1) is 12.4 Å². The molecular weight excluding hydrogens is 399 g/mol. The second-order valence-corrected chi connectivity index (χ2v) is 9.16. The second-order valence-electron chi connectivity index (χ2n) is 9.16. The van der Waals surface area contributed by atoms with Crippen LogP contribution in [0.25, 0.3) is 11.4 Å². The van der Waals surface area contributed by atoms with Crippen LogP contribution in [0.2, 0.25) is 0 Å². The topological polar surface area (TPSA) is 35.0 Å². The standard InChI is InChI=1S/C28H43FN2O/c1-4-6-7-8-9-10-11-14-24-16-18-25(19-17-24)28-30-20-27(21-31-28)32-22-26(29)15-12-13-23(3)5-2/h16-21,23,26H,4-15,22H2,1-3H3. The van der Waals surface area contributed by atoms with Gasteiger partial charge in [0.1, 0.15) is 12.8 Å². The summed E-state index contributed by atoms with van der Waals surface area (Å²) >= 11 is 0. The van der Waals surface area contributed by atoms with Gasteiger partial charge in [-0.1, -0.05) is 103 Å². The molecule has 2 unspecified atom stereocenters. The summed E-state index contributed by atoms with van der Waals surface area (Å²) in [6.07, 6.45) is 16.5. The Morgan fingerprint density at radius 2 is 1.50 bits per heavy atom. The monoisotopic (exact) mass is 442 g/mol. The zero-order valence-electron chi connectivity index (χ0n) is 20.5. The lowest BCUT2D eigenvalue weighted by atomic mass is 10.0. The molecule has 2 rings (SSSR count). The average Bonchev–Trinajstić information content (AvgIpc) is 2.83. The lowest BCUT2D eigenvalue weighted by Crippen LogP contribution is -2.13. The highest BCUT2D eigenvalue weighted by atomic mass is 19.1. The fourth-order valence-corrected chi connectivity index (χ4v) is 3.81. The van der Waals surface area contributed by atoms with Crippen LogP contribution in [0.3, 0.4) is 0 Å². The summed E-state index contributed by atoms with van der Waals surface area (Å²) in [6.45, 7) is 6.72. The van der Waals surface area contributed by atoms with E-state index in [2.05, 4.69) is 55.0 Å². The van der Waals surface area contributed by atoms with Crippen LogP contribution in [0.15, 0.2) is 36.7 Å². The summed E-state index contributed by atoms with van der Waals surface area (Å²) in [7, 11) is 0. The predicted octanol–water partition coefficient (Wildman–Crippen LogP) is 8.37. The first-order chi connectivity index (χ1) is 15.6. The number of benzene rings is 1. The van der Waals surface area contributed by atoms with E-state index in [0.717, 1.165) is 31.2 Å². The molecule has 0 saturated heterocycles. The van der Waals surface area contributed by atoms with E-state index in [9.17, 15) is 4.39 Å². The highest BCUT2D eigenvalue weighted by Gasteiger charge is 2.10. The van der Waals surface area contributed by atoms with Crippen LogP contribution < -0.4 is 4.74 Å². The average molecular weight is 443 g/mol. The van der Waals surface area contributed by atoms with E-state index in [-0.39, 0.29) is 6.61 Å². The largest absolute Gasteiger partial charge is 0.487 e. The number of hydrogen-bond acceptors (Lipinski definition) is 3. The molecule has 0 N–H and O–H groups in total. The Morgan fingerprint density at radius 1 is 0.844 bits per heavy atom. The van der Waals surface area contributed by atoms with Gasteiger partial charge >= 0.3 is 0 Å². The number of hydrogen-bond donors (Lipinski definition) is 0. The highest BCUT2D eigenvalue weighted by Crippen LogP contribution is 2.20. The summed E-state index contributed by atoms with van der Waals surface area (Å²) in [6, 6.07) is 8.52. The molecule has 1 heterocycles. The molecule has 4 heteroatoms. The molecule has 2 atom stereocenters. The number of nitrogens with zero attached hydrogens (tertiary/aromatic N) is 2.